The molecule has 0 saturated heterocycles. The van der Waals surface area contributed by atoms with Crippen LogP contribution in [0.1, 0.15) is 318 Å². The second-order valence-electron chi connectivity index (χ2n) is 21.1. The van der Waals surface area contributed by atoms with Crippen molar-refractivity contribution in [1.82, 2.24) is 0 Å². The van der Waals surface area contributed by atoms with Crippen molar-refractivity contribution in [3.8, 4) is 0 Å². The highest BCUT2D eigenvalue weighted by Crippen LogP contribution is 2.19. The topological polar surface area (TPSA) is 78.9 Å². The van der Waals surface area contributed by atoms with E-state index in [9.17, 15) is 14.4 Å². The smallest absolute Gasteiger partial charge is 0.306 e. The van der Waals surface area contributed by atoms with Crippen molar-refractivity contribution < 1.29 is 28.6 Å². The molecule has 2 atom stereocenters. The van der Waals surface area contributed by atoms with Gasteiger partial charge in [0.2, 0.25) is 0 Å². The summed E-state index contributed by atoms with van der Waals surface area (Å²) in [7, 11) is 0. The molecule has 64 heavy (non-hydrogen) atoms. The lowest BCUT2D eigenvalue weighted by Crippen LogP contribution is -2.30. The SMILES string of the molecule is CCC(C)CCCCCCCCC(=O)O[C@H](COC(=O)CCCCCCCCCCCCCCCCCCCCC(C)C)COC(=O)CCCCCCCCCCCCCCC(C)C. The van der Waals surface area contributed by atoms with Crippen LogP contribution in [0.5, 0.6) is 0 Å². The lowest BCUT2D eigenvalue weighted by molar-refractivity contribution is -0.167. The molecule has 0 saturated carbocycles. The summed E-state index contributed by atoms with van der Waals surface area (Å²) in [5, 5.41) is 0. The predicted octanol–water partition coefficient (Wildman–Crippen LogP) is 18.7. The fourth-order valence-electron chi connectivity index (χ4n) is 8.79. The highest BCUT2D eigenvalue weighted by molar-refractivity contribution is 5.71. The standard InChI is InChI=1S/C58H112O6/c1-7-54(6)46-40-34-30-31-37-43-49-58(61)64-55(51-63-57(60)48-42-36-29-25-21-17-16-19-23-27-33-39-45-53(4)5)50-62-56(59)47-41-35-28-24-20-15-13-11-9-8-10-12-14-18-22-26-32-38-44-52(2)3/h52-55H,7-51H2,1-6H3/t54?,55-/m1/s1. The first kappa shape index (κ1) is 62.4. The Morgan fingerprint density at radius 3 is 0.812 bits per heavy atom. The van der Waals surface area contributed by atoms with Gasteiger partial charge in [-0.1, -0.05) is 279 Å². The Morgan fingerprint density at radius 2 is 0.547 bits per heavy atom. The molecule has 0 N–H and O–H groups in total. The highest BCUT2D eigenvalue weighted by Gasteiger charge is 2.19. The minimum Gasteiger partial charge on any atom is -0.462 e. The number of esters is 3. The van der Waals surface area contributed by atoms with Crippen LogP contribution in [0.3, 0.4) is 0 Å². The Kier molecular flexibility index (Phi) is 48.1. The summed E-state index contributed by atoms with van der Waals surface area (Å²) in [6, 6.07) is 0. The average molecular weight is 906 g/mol. The maximum Gasteiger partial charge on any atom is 0.306 e. The molecule has 0 aromatic heterocycles. The summed E-state index contributed by atoms with van der Waals surface area (Å²) < 4.78 is 16.9. The summed E-state index contributed by atoms with van der Waals surface area (Å²) in [5.41, 5.74) is 0. The van der Waals surface area contributed by atoms with E-state index in [-0.39, 0.29) is 31.1 Å². The molecule has 0 amide bonds. The van der Waals surface area contributed by atoms with Gasteiger partial charge < -0.3 is 14.2 Å². The summed E-state index contributed by atoms with van der Waals surface area (Å²) in [6.07, 6.45) is 51.0. The zero-order valence-corrected chi connectivity index (χ0v) is 44.1. The molecule has 0 rings (SSSR count). The first-order valence-electron chi connectivity index (χ1n) is 28.6. The van der Waals surface area contributed by atoms with E-state index >= 15 is 0 Å². The van der Waals surface area contributed by atoms with Gasteiger partial charge in [0.15, 0.2) is 6.10 Å². The normalized spacial score (nSPS) is 12.6. The molecule has 0 fully saturated rings. The van der Waals surface area contributed by atoms with Crippen molar-refractivity contribution >= 4 is 17.9 Å². The molecule has 0 aromatic rings. The number of carbonyl (C=O) groups is 3. The minimum absolute atomic E-state index is 0.0646. The van der Waals surface area contributed by atoms with Crippen LogP contribution in [-0.2, 0) is 28.6 Å². The van der Waals surface area contributed by atoms with Crippen LogP contribution < -0.4 is 0 Å². The van der Waals surface area contributed by atoms with Gasteiger partial charge in [-0.25, -0.2) is 0 Å². The lowest BCUT2D eigenvalue weighted by Gasteiger charge is -2.18. The van der Waals surface area contributed by atoms with Crippen LogP contribution in [0.15, 0.2) is 0 Å². The molecule has 0 spiro atoms. The van der Waals surface area contributed by atoms with Crippen molar-refractivity contribution in [1.29, 1.82) is 0 Å². The Hall–Kier alpha value is -1.59. The van der Waals surface area contributed by atoms with Gasteiger partial charge in [-0.05, 0) is 37.0 Å². The van der Waals surface area contributed by atoms with E-state index in [2.05, 4.69) is 41.5 Å². The molecule has 0 aliphatic heterocycles. The molecule has 380 valence electrons. The number of hydrogen-bond acceptors (Lipinski definition) is 6. The molecule has 0 radical (unpaired) electrons. The van der Waals surface area contributed by atoms with Crippen molar-refractivity contribution in [2.24, 2.45) is 17.8 Å². The second kappa shape index (κ2) is 49.3. The third-order valence-corrected chi connectivity index (χ3v) is 13.5. The fraction of sp³-hybridized carbons (Fsp3) is 0.948. The number of carbonyl (C=O) groups excluding carboxylic acids is 3. The Balaban J connectivity index is 4.20. The number of hydrogen-bond donors (Lipinski definition) is 0. The molecule has 0 aliphatic carbocycles. The van der Waals surface area contributed by atoms with Crippen LogP contribution in [0.2, 0.25) is 0 Å². The van der Waals surface area contributed by atoms with Gasteiger partial charge in [0.25, 0.3) is 0 Å². The van der Waals surface area contributed by atoms with Gasteiger partial charge in [-0.15, -0.1) is 0 Å². The summed E-state index contributed by atoms with van der Waals surface area (Å²) >= 11 is 0. The van der Waals surface area contributed by atoms with Gasteiger partial charge in [0, 0.05) is 19.3 Å². The maximum atomic E-state index is 12.8. The molecule has 0 heterocycles. The lowest BCUT2D eigenvalue weighted by atomic mass is 10.00. The van der Waals surface area contributed by atoms with E-state index in [4.69, 9.17) is 14.2 Å². The van der Waals surface area contributed by atoms with Gasteiger partial charge >= 0.3 is 17.9 Å². The molecule has 6 heteroatoms. The predicted molar refractivity (Wildman–Crippen MR) is 275 cm³/mol. The van der Waals surface area contributed by atoms with Crippen molar-refractivity contribution in [2.75, 3.05) is 13.2 Å². The first-order chi connectivity index (χ1) is 31.1. The third-order valence-electron chi connectivity index (χ3n) is 13.5. The Morgan fingerprint density at radius 1 is 0.312 bits per heavy atom. The van der Waals surface area contributed by atoms with Crippen molar-refractivity contribution in [3.05, 3.63) is 0 Å². The van der Waals surface area contributed by atoms with Crippen LogP contribution in [0.4, 0.5) is 0 Å². The largest absolute Gasteiger partial charge is 0.462 e. The van der Waals surface area contributed by atoms with E-state index in [1.165, 1.54) is 199 Å². The summed E-state index contributed by atoms with van der Waals surface area (Å²) in [6.45, 7) is 13.7. The van der Waals surface area contributed by atoms with Crippen LogP contribution in [0.25, 0.3) is 0 Å². The molecule has 6 nitrogen and oxygen atoms in total. The molecule has 1 unspecified atom stereocenters. The number of unbranched alkanes of at least 4 members (excludes halogenated alkanes) is 33. The van der Waals surface area contributed by atoms with Crippen molar-refractivity contribution in [2.45, 2.75) is 324 Å². The molecular weight excluding hydrogens is 793 g/mol. The van der Waals surface area contributed by atoms with E-state index in [1.54, 1.807) is 0 Å². The van der Waals surface area contributed by atoms with E-state index in [1.807, 2.05) is 0 Å². The van der Waals surface area contributed by atoms with Gasteiger partial charge in [0.1, 0.15) is 13.2 Å². The number of ether oxygens (including phenoxy) is 3. The summed E-state index contributed by atoms with van der Waals surface area (Å²) in [4.78, 5) is 38.0. The maximum absolute atomic E-state index is 12.8. The Bertz CT molecular complexity index is 993. The molecular formula is C58H112O6. The monoisotopic (exact) mass is 905 g/mol. The minimum atomic E-state index is -0.764. The fourth-order valence-corrected chi connectivity index (χ4v) is 8.79. The zero-order chi connectivity index (χ0) is 47.0. The first-order valence-corrected chi connectivity index (χ1v) is 28.6. The molecule has 0 aliphatic rings. The average Bonchev–Trinajstić information content (AvgIpc) is 3.27. The molecule has 0 aromatic carbocycles. The van der Waals surface area contributed by atoms with Gasteiger partial charge in [0.05, 0.1) is 0 Å². The quantitative estimate of drug-likeness (QED) is 0.0344. The number of rotatable bonds is 51. The molecule has 0 bridgehead atoms. The van der Waals surface area contributed by atoms with E-state index in [0.29, 0.717) is 19.3 Å². The van der Waals surface area contributed by atoms with Crippen LogP contribution in [-0.4, -0.2) is 37.2 Å². The summed E-state index contributed by atoms with van der Waals surface area (Å²) in [5.74, 6) is 1.65. The van der Waals surface area contributed by atoms with Gasteiger partial charge in [-0.3, -0.25) is 14.4 Å². The third kappa shape index (κ3) is 49.8. The zero-order valence-electron chi connectivity index (χ0n) is 44.1. The van der Waals surface area contributed by atoms with Gasteiger partial charge in [-0.2, -0.15) is 0 Å². The van der Waals surface area contributed by atoms with Crippen LogP contribution >= 0.6 is 0 Å². The van der Waals surface area contributed by atoms with Crippen LogP contribution in [0, 0.1) is 17.8 Å². The highest BCUT2D eigenvalue weighted by atomic mass is 16.6. The Labute approximate surface area is 399 Å². The second-order valence-corrected chi connectivity index (χ2v) is 21.1. The van der Waals surface area contributed by atoms with Crippen molar-refractivity contribution in [3.63, 3.8) is 0 Å². The van der Waals surface area contributed by atoms with E-state index < -0.39 is 6.10 Å². The van der Waals surface area contributed by atoms with E-state index in [0.717, 1.165) is 75.5 Å².